The summed E-state index contributed by atoms with van der Waals surface area (Å²) in [6.45, 7) is 4.81. The van der Waals surface area contributed by atoms with Crippen LogP contribution in [0, 0.1) is 0 Å². The van der Waals surface area contributed by atoms with Crippen molar-refractivity contribution in [2.75, 3.05) is 19.6 Å². The lowest BCUT2D eigenvalue weighted by Crippen LogP contribution is -2.57. The first-order valence-electron chi connectivity index (χ1n) is 13.1. The van der Waals surface area contributed by atoms with Crippen molar-refractivity contribution in [2.45, 2.75) is 38.1 Å². The highest BCUT2D eigenvalue weighted by atomic mass is 16.5. The Bertz CT molecular complexity index is 1270. The van der Waals surface area contributed by atoms with Gasteiger partial charge in [0.25, 0.3) is 0 Å². The van der Waals surface area contributed by atoms with Crippen LogP contribution in [0.15, 0.2) is 72.0 Å². The number of aliphatic carboxylic acids is 4. The van der Waals surface area contributed by atoms with Gasteiger partial charge in [0.15, 0.2) is 6.23 Å². The van der Waals surface area contributed by atoms with E-state index in [0.29, 0.717) is 24.3 Å². The van der Waals surface area contributed by atoms with Crippen LogP contribution in [-0.2, 0) is 19.2 Å². The molecule has 230 valence electrons. The van der Waals surface area contributed by atoms with Gasteiger partial charge in [-0.1, -0.05) is 25.5 Å². The number of aromatic nitrogens is 2. The molecular formula is C28H34N6O9. The molecule has 2 aliphatic heterocycles. The van der Waals surface area contributed by atoms with Gasteiger partial charge in [-0.25, -0.2) is 34.1 Å². The third-order valence-electron chi connectivity index (χ3n) is 5.87. The van der Waals surface area contributed by atoms with E-state index in [1.54, 1.807) is 12.4 Å². The van der Waals surface area contributed by atoms with Gasteiger partial charge in [-0.15, -0.1) is 0 Å². The number of nitrogens with two attached hydrogens (primary N) is 1. The van der Waals surface area contributed by atoms with Crippen LogP contribution in [0.2, 0.25) is 0 Å². The molecule has 0 spiro atoms. The predicted octanol–water partition coefficient (Wildman–Crippen LogP) is 1.47. The van der Waals surface area contributed by atoms with Crippen molar-refractivity contribution >= 4 is 35.3 Å². The van der Waals surface area contributed by atoms with Crippen molar-refractivity contribution in [1.29, 1.82) is 0 Å². The summed E-state index contributed by atoms with van der Waals surface area (Å²) in [5, 5.41) is 34.7. The number of benzene rings is 1. The van der Waals surface area contributed by atoms with Gasteiger partial charge < -0.3 is 30.5 Å². The Morgan fingerprint density at radius 2 is 1.53 bits per heavy atom. The predicted molar refractivity (Wildman–Crippen MR) is 154 cm³/mol. The lowest BCUT2D eigenvalue weighted by molar-refractivity contribution is -0.134. The number of carboxylic acid groups (broad SMARTS) is 4. The minimum atomic E-state index is -1.26. The van der Waals surface area contributed by atoms with E-state index in [9.17, 15) is 19.2 Å². The van der Waals surface area contributed by atoms with E-state index in [0.717, 1.165) is 55.4 Å². The molecule has 4 rings (SSSR count). The van der Waals surface area contributed by atoms with Gasteiger partial charge in [-0.3, -0.25) is 10.6 Å². The van der Waals surface area contributed by atoms with Gasteiger partial charge in [0.05, 0.1) is 17.8 Å². The molecule has 43 heavy (non-hydrogen) atoms. The molecule has 1 fully saturated rings. The van der Waals surface area contributed by atoms with Gasteiger partial charge in [-0.05, 0) is 24.6 Å². The van der Waals surface area contributed by atoms with E-state index in [2.05, 4.69) is 27.1 Å². The van der Waals surface area contributed by atoms with Crippen molar-refractivity contribution in [3.8, 4) is 5.75 Å². The number of carboxylic acids is 4. The van der Waals surface area contributed by atoms with Crippen LogP contribution in [-0.4, -0.2) is 96.8 Å². The van der Waals surface area contributed by atoms with E-state index in [-0.39, 0.29) is 12.1 Å². The van der Waals surface area contributed by atoms with E-state index in [1.165, 1.54) is 0 Å². The average Bonchev–Trinajstić information content (AvgIpc) is 2.99. The molecule has 3 atom stereocenters. The van der Waals surface area contributed by atoms with Gasteiger partial charge in [0, 0.05) is 56.3 Å². The molecular weight excluding hydrogens is 564 g/mol. The standard InChI is InChI=1S/C20H26N6O.2C4H4O4/c1-2-6-15(18-19(21)27-17-8-4-3-7-14(17)25-18)26-12-11-22-13-16(26)20-23-9-5-10-24-20;2*5-3(6)1-2-4(7)8/h3-5,7-10,15-16,19,22H,2,6,11-13,21H2,1H3;2*1-2H,(H,5,6)(H,7,8). The van der Waals surface area contributed by atoms with Crippen molar-refractivity contribution in [2.24, 2.45) is 10.7 Å². The summed E-state index contributed by atoms with van der Waals surface area (Å²) < 4.78 is 5.98. The maximum atomic E-state index is 9.55. The first-order valence-corrected chi connectivity index (χ1v) is 13.1. The van der Waals surface area contributed by atoms with Gasteiger partial charge in [0.2, 0.25) is 0 Å². The van der Waals surface area contributed by atoms with Crippen LogP contribution >= 0.6 is 0 Å². The minimum absolute atomic E-state index is 0.0866. The first-order chi connectivity index (χ1) is 20.5. The van der Waals surface area contributed by atoms with Crippen molar-refractivity contribution < 1.29 is 44.3 Å². The lowest BCUT2D eigenvalue weighted by atomic mass is 9.98. The number of hydrogen-bond donors (Lipinski definition) is 6. The molecule has 15 heteroatoms. The number of hydrogen-bond acceptors (Lipinski definition) is 11. The highest BCUT2D eigenvalue weighted by molar-refractivity contribution is 5.97. The van der Waals surface area contributed by atoms with E-state index >= 15 is 0 Å². The molecule has 1 saturated heterocycles. The van der Waals surface area contributed by atoms with Gasteiger partial charge in [-0.2, -0.15) is 0 Å². The number of nitrogens with one attached hydrogen (secondary N) is 1. The molecule has 3 unspecified atom stereocenters. The van der Waals surface area contributed by atoms with Crippen LogP contribution in [0.5, 0.6) is 5.75 Å². The molecule has 0 aliphatic carbocycles. The Morgan fingerprint density at radius 1 is 0.977 bits per heavy atom. The number of nitrogens with zero attached hydrogens (tertiary/aromatic N) is 4. The normalized spacial score (nSPS) is 18.5. The van der Waals surface area contributed by atoms with Crippen LogP contribution in [0.3, 0.4) is 0 Å². The van der Waals surface area contributed by atoms with E-state index in [4.69, 9.17) is 35.9 Å². The highest BCUT2D eigenvalue weighted by Crippen LogP contribution is 2.34. The Labute approximate surface area is 247 Å². The zero-order valence-corrected chi connectivity index (χ0v) is 23.3. The average molecular weight is 599 g/mol. The number of para-hydroxylation sites is 2. The van der Waals surface area contributed by atoms with E-state index < -0.39 is 30.1 Å². The molecule has 15 nitrogen and oxygen atoms in total. The fourth-order valence-electron chi connectivity index (χ4n) is 4.17. The molecule has 2 aromatic rings. The van der Waals surface area contributed by atoms with Crippen LogP contribution in [0.4, 0.5) is 5.69 Å². The van der Waals surface area contributed by atoms with Crippen LogP contribution in [0.25, 0.3) is 0 Å². The summed E-state index contributed by atoms with van der Waals surface area (Å²) in [5.41, 5.74) is 8.12. The monoisotopic (exact) mass is 598 g/mol. The zero-order chi connectivity index (χ0) is 31.8. The molecule has 0 bridgehead atoms. The smallest absolute Gasteiger partial charge is 0.328 e. The Morgan fingerprint density at radius 3 is 2.07 bits per heavy atom. The van der Waals surface area contributed by atoms with Crippen molar-refractivity contribution in [3.63, 3.8) is 0 Å². The van der Waals surface area contributed by atoms with E-state index in [1.807, 2.05) is 30.3 Å². The second kappa shape index (κ2) is 17.7. The summed E-state index contributed by atoms with van der Waals surface area (Å²) in [4.78, 5) is 54.6. The molecule has 1 aromatic heterocycles. The SMILES string of the molecule is CCCC(C1=Nc2ccccc2OC1N)N1CCNCC1c1ncccn1.O=C(O)C=CC(=O)O.O=C(O)C=CC(=O)O. The maximum absolute atomic E-state index is 9.55. The van der Waals surface area contributed by atoms with Crippen molar-refractivity contribution in [3.05, 3.63) is 72.9 Å². The number of ether oxygens (including phenoxy) is 1. The second-order valence-corrected chi connectivity index (χ2v) is 8.93. The minimum Gasteiger partial charge on any atom is -0.478 e. The third kappa shape index (κ3) is 11.8. The number of rotatable bonds is 9. The topological polar surface area (TPSA) is 238 Å². The Balaban J connectivity index is 0.000000334. The molecule has 2 aliphatic rings. The first kappa shape index (κ1) is 34.2. The summed E-state index contributed by atoms with van der Waals surface area (Å²) in [5.74, 6) is -3.45. The number of aliphatic imine (C=N–C) groups is 1. The summed E-state index contributed by atoms with van der Waals surface area (Å²) in [7, 11) is 0. The highest BCUT2D eigenvalue weighted by Gasteiger charge is 2.37. The second-order valence-electron chi connectivity index (χ2n) is 8.93. The summed E-state index contributed by atoms with van der Waals surface area (Å²) in [6, 6.07) is 9.82. The fourth-order valence-corrected chi connectivity index (χ4v) is 4.17. The molecule has 3 heterocycles. The quantitative estimate of drug-likeness (QED) is 0.224. The fraction of sp³-hybridized carbons (Fsp3) is 0.321. The molecule has 0 amide bonds. The van der Waals surface area contributed by atoms with Gasteiger partial charge >= 0.3 is 23.9 Å². The largest absolute Gasteiger partial charge is 0.478 e. The summed E-state index contributed by atoms with van der Waals surface area (Å²) >= 11 is 0. The molecule has 0 saturated carbocycles. The summed E-state index contributed by atoms with van der Waals surface area (Å²) in [6.07, 6.45) is 7.28. The molecule has 7 N–H and O–H groups in total. The molecule has 1 aromatic carbocycles. The Hall–Kier alpha value is -4.99. The van der Waals surface area contributed by atoms with Gasteiger partial charge in [0.1, 0.15) is 17.3 Å². The van der Waals surface area contributed by atoms with Crippen molar-refractivity contribution in [1.82, 2.24) is 20.2 Å². The molecule has 0 radical (unpaired) electrons. The maximum Gasteiger partial charge on any atom is 0.328 e. The Kier molecular flexibility index (Phi) is 14.1. The van der Waals surface area contributed by atoms with Crippen LogP contribution < -0.4 is 15.8 Å². The number of piperazine rings is 1. The third-order valence-corrected chi connectivity index (χ3v) is 5.87. The number of carbonyl (C=O) groups is 4. The lowest BCUT2D eigenvalue weighted by Gasteiger charge is -2.42. The zero-order valence-electron chi connectivity index (χ0n) is 23.3. The van der Waals surface area contributed by atoms with Crippen LogP contribution in [0.1, 0.15) is 31.6 Å². The number of fused-ring (bicyclic) bond motifs is 1.